The van der Waals surface area contributed by atoms with E-state index in [4.69, 9.17) is 4.42 Å². The lowest BCUT2D eigenvalue weighted by molar-refractivity contribution is 0.632. The predicted molar refractivity (Wildman–Crippen MR) is 109 cm³/mol. The van der Waals surface area contributed by atoms with Gasteiger partial charge in [-0.2, -0.15) is 4.98 Å². The molecule has 0 fully saturated rings. The summed E-state index contributed by atoms with van der Waals surface area (Å²) in [5, 5.41) is 0.763. The molecule has 0 radical (unpaired) electrons. The summed E-state index contributed by atoms with van der Waals surface area (Å²) in [6.45, 7) is 2.17. The number of benzene rings is 1. The van der Waals surface area contributed by atoms with Crippen LogP contribution in [0.3, 0.4) is 0 Å². The molecule has 3 aromatic rings. The van der Waals surface area contributed by atoms with Crippen molar-refractivity contribution >= 4 is 65.7 Å². The molecule has 0 bridgehead atoms. The Morgan fingerprint density at radius 1 is 1.20 bits per heavy atom. The van der Waals surface area contributed by atoms with E-state index >= 15 is 0 Å². The molecule has 2 heterocycles. The Morgan fingerprint density at radius 2 is 2.00 bits per heavy atom. The molecule has 0 aliphatic rings. The van der Waals surface area contributed by atoms with E-state index < -0.39 is 5.56 Å². The molecule has 0 aliphatic heterocycles. The molecule has 1 N–H and O–H groups in total. The number of rotatable bonds is 6. The quantitative estimate of drug-likeness (QED) is 0.223. The van der Waals surface area contributed by atoms with Gasteiger partial charge in [0.25, 0.3) is 5.56 Å². The largest absolute Gasteiger partial charge is 0.436 e. The third-order valence-electron chi connectivity index (χ3n) is 3.78. The summed E-state index contributed by atoms with van der Waals surface area (Å²) in [5.41, 5.74) is -0.391. The first-order chi connectivity index (χ1) is 12.0. The van der Waals surface area contributed by atoms with Gasteiger partial charge >= 0.3 is 0 Å². The van der Waals surface area contributed by atoms with E-state index in [2.05, 4.69) is 48.8 Å². The van der Waals surface area contributed by atoms with E-state index in [9.17, 15) is 9.59 Å². The lowest BCUT2D eigenvalue weighted by Crippen LogP contribution is -2.18. The summed E-state index contributed by atoms with van der Waals surface area (Å²) in [7, 11) is 0. The van der Waals surface area contributed by atoms with Crippen molar-refractivity contribution in [2.75, 3.05) is 5.75 Å². The summed E-state index contributed by atoms with van der Waals surface area (Å²) in [4.78, 5) is 32.1. The molecule has 1 aromatic carbocycles. The number of H-pyrrole nitrogens is 1. The minimum Gasteiger partial charge on any atom is -0.436 e. The number of unbranched alkanes of at least 4 members (excludes halogenated alkanes) is 3. The second-order valence-corrected chi connectivity index (χ2v) is 8.51. The fourth-order valence-corrected chi connectivity index (χ4v) is 4.70. The Morgan fingerprint density at radius 3 is 2.76 bits per heavy atom. The van der Waals surface area contributed by atoms with E-state index in [-0.39, 0.29) is 16.5 Å². The van der Waals surface area contributed by atoms with Crippen LogP contribution in [-0.2, 0) is 0 Å². The van der Waals surface area contributed by atoms with Gasteiger partial charge in [0.05, 0.1) is 9.86 Å². The number of nitrogens with zero attached hydrogens (tertiary/aromatic N) is 1. The van der Waals surface area contributed by atoms with Gasteiger partial charge in [-0.25, -0.2) is 0 Å². The maximum atomic E-state index is 12.7. The van der Waals surface area contributed by atoms with E-state index in [1.54, 1.807) is 12.1 Å². The number of aromatic amines is 1. The molecule has 0 saturated heterocycles. The van der Waals surface area contributed by atoms with Gasteiger partial charge in [0, 0.05) is 10.2 Å². The van der Waals surface area contributed by atoms with Crippen molar-refractivity contribution < 1.29 is 4.42 Å². The molecule has 8 heteroatoms. The second kappa shape index (κ2) is 8.05. The zero-order valence-corrected chi connectivity index (χ0v) is 17.5. The fourth-order valence-electron chi connectivity index (χ4n) is 2.54. The van der Waals surface area contributed by atoms with Gasteiger partial charge in [0.1, 0.15) is 0 Å². The smallest absolute Gasteiger partial charge is 0.266 e. The predicted octanol–water partition coefficient (Wildman–Crippen LogP) is 5.23. The Kier molecular flexibility index (Phi) is 6.01. The van der Waals surface area contributed by atoms with Crippen molar-refractivity contribution in [1.29, 1.82) is 0 Å². The fraction of sp³-hybridized carbons (Fsp3) is 0.353. The minimum absolute atomic E-state index is 0.0483. The van der Waals surface area contributed by atoms with Crippen molar-refractivity contribution in [2.24, 2.45) is 0 Å². The van der Waals surface area contributed by atoms with Crippen LogP contribution in [0, 0.1) is 0 Å². The monoisotopic (exact) mass is 486 g/mol. The molecule has 0 spiro atoms. The first-order valence-electron chi connectivity index (χ1n) is 8.00. The van der Waals surface area contributed by atoms with Crippen LogP contribution < -0.4 is 11.0 Å². The highest BCUT2D eigenvalue weighted by atomic mass is 79.9. The average molecular weight is 488 g/mol. The first-order valence-corrected chi connectivity index (χ1v) is 10.6. The zero-order chi connectivity index (χ0) is 18.0. The third-order valence-corrected chi connectivity index (χ3v) is 5.79. The molecule has 25 heavy (non-hydrogen) atoms. The molecule has 0 atom stereocenters. The first kappa shape index (κ1) is 18.7. The van der Waals surface area contributed by atoms with Gasteiger partial charge in [-0.05, 0) is 34.5 Å². The van der Waals surface area contributed by atoms with Gasteiger partial charge in [0.15, 0.2) is 16.1 Å². The maximum absolute atomic E-state index is 12.7. The Labute approximate surface area is 164 Å². The van der Waals surface area contributed by atoms with Crippen LogP contribution in [0.5, 0.6) is 0 Å². The van der Waals surface area contributed by atoms with Crippen LogP contribution in [-0.4, -0.2) is 15.7 Å². The third kappa shape index (κ3) is 4.01. The number of thioether (sulfide) groups is 1. The Bertz CT molecular complexity index is 1050. The molecule has 132 valence electrons. The number of nitrogens with one attached hydrogen (secondary N) is 1. The summed E-state index contributed by atoms with van der Waals surface area (Å²) in [5.74, 6) is 0.864. The van der Waals surface area contributed by atoms with Crippen molar-refractivity contribution in [2.45, 2.75) is 37.8 Å². The van der Waals surface area contributed by atoms with E-state index in [1.807, 2.05) is 0 Å². The molecule has 0 amide bonds. The molecule has 0 unspecified atom stereocenters. The maximum Gasteiger partial charge on any atom is 0.266 e. The summed E-state index contributed by atoms with van der Waals surface area (Å²) in [6, 6.07) is 3.43. The standard InChI is InChI=1S/C17H16Br2N2O3S/c1-2-3-4-5-6-25-17-20-15(23)12-13(22)10-7-9(18)8-11(19)14(10)24-16(12)21-17/h7-8H,2-6H2,1H3,(H,20,21,23). The molecule has 5 nitrogen and oxygen atoms in total. The molecule has 0 saturated carbocycles. The van der Waals surface area contributed by atoms with Crippen molar-refractivity contribution in [3.8, 4) is 0 Å². The zero-order valence-electron chi connectivity index (χ0n) is 13.5. The second-order valence-electron chi connectivity index (χ2n) is 5.66. The van der Waals surface area contributed by atoms with Gasteiger partial charge in [-0.15, -0.1) is 0 Å². The number of fused-ring (bicyclic) bond motifs is 2. The van der Waals surface area contributed by atoms with Crippen LogP contribution in [0.1, 0.15) is 32.6 Å². The summed E-state index contributed by atoms with van der Waals surface area (Å²) < 4.78 is 7.12. The lowest BCUT2D eigenvalue weighted by atomic mass is 10.2. The van der Waals surface area contributed by atoms with Crippen LogP contribution in [0.15, 0.2) is 40.2 Å². The van der Waals surface area contributed by atoms with Crippen LogP contribution >= 0.6 is 43.6 Å². The summed E-state index contributed by atoms with van der Waals surface area (Å²) >= 11 is 8.20. The van der Waals surface area contributed by atoms with Crippen molar-refractivity contribution in [1.82, 2.24) is 9.97 Å². The van der Waals surface area contributed by atoms with Gasteiger partial charge in [0.2, 0.25) is 11.1 Å². The highest BCUT2D eigenvalue weighted by Crippen LogP contribution is 2.28. The van der Waals surface area contributed by atoms with Crippen LogP contribution in [0.4, 0.5) is 0 Å². The van der Waals surface area contributed by atoms with Crippen LogP contribution in [0.2, 0.25) is 0 Å². The number of hydrogen-bond acceptors (Lipinski definition) is 5. The van der Waals surface area contributed by atoms with Crippen LogP contribution in [0.25, 0.3) is 22.1 Å². The van der Waals surface area contributed by atoms with E-state index in [0.29, 0.717) is 20.6 Å². The average Bonchev–Trinajstić information content (AvgIpc) is 2.55. The lowest BCUT2D eigenvalue weighted by Gasteiger charge is -2.05. The minimum atomic E-state index is -0.465. The highest BCUT2D eigenvalue weighted by molar-refractivity contribution is 9.11. The number of halogens is 2. The topological polar surface area (TPSA) is 76.0 Å². The normalized spacial score (nSPS) is 11.5. The molecule has 0 aliphatic carbocycles. The van der Waals surface area contributed by atoms with Gasteiger partial charge in [-0.3, -0.25) is 9.59 Å². The van der Waals surface area contributed by atoms with E-state index in [0.717, 1.165) is 23.1 Å². The Hall–Kier alpha value is -1.12. The molecule has 3 rings (SSSR count). The molecular formula is C17H16Br2N2O3S. The van der Waals surface area contributed by atoms with Gasteiger partial charge < -0.3 is 9.40 Å². The number of hydrogen-bond donors (Lipinski definition) is 1. The Balaban J connectivity index is 2.04. The van der Waals surface area contributed by atoms with Gasteiger partial charge in [-0.1, -0.05) is 53.9 Å². The number of aromatic nitrogens is 2. The van der Waals surface area contributed by atoms with E-state index in [1.165, 1.54) is 24.6 Å². The van der Waals surface area contributed by atoms with Crippen molar-refractivity contribution in [3.63, 3.8) is 0 Å². The molecule has 2 aromatic heterocycles. The summed E-state index contributed by atoms with van der Waals surface area (Å²) in [6.07, 6.45) is 4.59. The highest BCUT2D eigenvalue weighted by Gasteiger charge is 2.16. The SMILES string of the molecule is CCCCCCSc1nc2oc3c(Br)cc(Br)cc3c(=O)c2c(=O)[nH]1. The van der Waals surface area contributed by atoms with Crippen molar-refractivity contribution in [3.05, 3.63) is 41.7 Å². The molecular weight excluding hydrogens is 472 g/mol.